The molecule has 2 unspecified atom stereocenters. The first-order chi connectivity index (χ1) is 22.4. The summed E-state index contributed by atoms with van der Waals surface area (Å²) < 4.78 is 33.3. The number of quaternary nitrogens is 1. The zero-order valence-electron chi connectivity index (χ0n) is 29.4. The van der Waals surface area contributed by atoms with Gasteiger partial charge in [-0.15, -0.1) is 0 Å². The number of phosphoric acid groups is 1. The van der Waals surface area contributed by atoms with Crippen molar-refractivity contribution in [1.82, 2.24) is 0 Å². The summed E-state index contributed by atoms with van der Waals surface area (Å²) in [6.45, 7) is 1.67. The van der Waals surface area contributed by atoms with Gasteiger partial charge in [-0.3, -0.25) is 14.2 Å². The van der Waals surface area contributed by atoms with E-state index in [4.69, 9.17) is 18.5 Å². The molecule has 0 aromatic carbocycles. The number of likely N-dealkylation sites (N-methyl/N-ethyl adjacent to an activating group) is 1. The molecule has 0 rings (SSSR count). The number of allylic oxidation sites excluding steroid dienone is 4. The van der Waals surface area contributed by atoms with Crippen molar-refractivity contribution >= 4 is 25.7 Å². The van der Waals surface area contributed by atoms with Crippen molar-refractivity contribution in [1.29, 1.82) is 0 Å². The number of aliphatic hydroxyl groups is 1. The van der Waals surface area contributed by atoms with E-state index < -0.39 is 38.6 Å². The number of rotatable bonds is 31. The van der Waals surface area contributed by atoms with Gasteiger partial charge < -0.3 is 33.0 Å². The fraction of sp³-hybridized carbons (Fsp3) is 0.771. The van der Waals surface area contributed by atoms with Gasteiger partial charge in [-0.2, -0.15) is 0 Å². The number of nitrogens with zero attached hydrogens (tertiary/aromatic N) is 1. The highest BCUT2D eigenvalue weighted by molar-refractivity contribution is 7.45. The van der Waals surface area contributed by atoms with Gasteiger partial charge in [0.1, 0.15) is 25.7 Å². The number of hydrogen-bond donors (Lipinski definition) is 1. The first-order valence-electron chi connectivity index (χ1n) is 17.4. The van der Waals surface area contributed by atoms with Crippen molar-refractivity contribution in [3.8, 4) is 0 Å². The predicted octanol–water partition coefficient (Wildman–Crippen LogP) is 6.16. The van der Waals surface area contributed by atoms with E-state index in [1.165, 1.54) is 76.0 Å². The number of carbonyl (C=O) groups is 2. The zero-order valence-corrected chi connectivity index (χ0v) is 30.3. The summed E-state index contributed by atoms with van der Waals surface area (Å²) in [4.78, 5) is 47.2. The summed E-state index contributed by atoms with van der Waals surface area (Å²) in [7, 11) is 0.991. The second kappa shape index (κ2) is 28.9. The van der Waals surface area contributed by atoms with Crippen molar-refractivity contribution in [3.05, 3.63) is 30.4 Å². The molecule has 0 radical (unpaired) electrons. The largest absolute Gasteiger partial charge is 0.756 e. The second-order valence-electron chi connectivity index (χ2n) is 12.9. The van der Waals surface area contributed by atoms with Crippen LogP contribution < -0.4 is 4.89 Å². The Hall–Kier alpha value is -2.10. The summed E-state index contributed by atoms with van der Waals surface area (Å²) >= 11 is 0. The molecule has 0 aliphatic heterocycles. The monoisotopic (exact) mass is 687 g/mol. The normalized spacial score (nSPS) is 14.5. The molecule has 0 saturated carbocycles. The number of ether oxygens (including phenoxy) is 2. The van der Waals surface area contributed by atoms with Gasteiger partial charge in [0.25, 0.3) is 7.82 Å². The molecule has 0 heterocycles. The highest BCUT2D eigenvalue weighted by atomic mass is 31.2. The van der Waals surface area contributed by atoms with E-state index in [0.717, 1.165) is 19.3 Å². The zero-order chi connectivity index (χ0) is 35.2. The minimum absolute atomic E-state index is 0.0486. The van der Waals surface area contributed by atoms with Gasteiger partial charge in [-0.1, -0.05) is 108 Å². The number of aliphatic hydroxyl groups excluding tert-OH is 1. The lowest BCUT2D eigenvalue weighted by atomic mass is 10.0. The Morgan fingerprint density at radius 3 is 1.96 bits per heavy atom. The van der Waals surface area contributed by atoms with Crippen LogP contribution in [-0.2, 0) is 37.5 Å². The SMILES string of the molecule is CCCCCCCCCCCCCCCC(=O)OC[C@H](COP(=O)([O-])OCC[N+](C)(C)C)OC(=O)CCCC(O)C=CC=CC=C=O. The maximum Gasteiger partial charge on any atom is 0.306 e. The minimum Gasteiger partial charge on any atom is -0.756 e. The highest BCUT2D eigenvalue weighted by Crippen LogP contribution is 2.38. The minimum atomic E-state index is -4.68. The number of carbonyl (C=O) groups excluding carboxylic acids is 3. The molecular formula is C35H62NO10P. The molecule has 11 nitrogen and oxygen atoms in total. The lowest BCUT2D eigenvalue weighted by molar-refractivity contribution is -0.870. The third-order valence-electron chi connectivity index (χ3n) is 7.24. The molecule has 0 bridgehead atoms. The maximum absolute atomic E-state index is 12.5. The predicted molar refractivity (Wildman–Crippen MR) is 182 cm³/mol. The fourth-order valence-electron chi connectivity index (χ4n) is 4.45. The Morgan fingerprint density at radius 1 is 0.809 bits per heavy atom. The van der Waals surface area contributed by atoms with E-state index in [-0.39, 0.29) is 32.5 Å². The molecule has 1 N–H and O–H groups in total. The van der Waals surface area contributed by atoms with Crippen molar-refractivity contribution < 1.29 is 52.0 Å². The Labute approximate surface area is 283 Å². The van der Waals surface area contributed by atoms with E-state index in [0.29, 0.717) is 23.9 Å². The Bertz CT molecular complexity index is 972. The average molecular weight is 688 g/mol. The number of esters is 2. The molecule has 272 valence electrons. The fourth-order valence-corrected chi connectivity index (χ4v) is 5.18. The van der Waals surface area contributed by atoms with Crippen molar-refractivity contribution in [3.63, 3.8) is 0 Å². The molecule has 12 heteroatoms. The standard InChI is InChI=1S/C35H62NO10P/c1-5-6-7-8-9-10-11-12-13-14-15-16-20-25-34(39)43-30-33(31-45-47(41,42)44-29-27-36(2,3)4)46-35(40)26-22-24-32(38)23-19-17-18-21-28-37/h17-19,21,23,32-33,38H,5-16,20,22,24-27,29-31H2,1-4H3/t32?,33-/m1/s1. The average Bonchev–Trinajstić information content (AvgIpc) is 3.00. The Kier molecular flexibility index (Phi) is 27.6. The lowest BCUT2D eigenvalue weighted by Gasteiger charge is -2.28. The van der Waals surface area contributed by atoms with E-state index >= 15 is 0 Å². The van der Waals surface area contributed by atoms with Crippen LogP contribution in [0, 0.1) is 0 Å². The maximum atomic E-state index is 12.5. The molecular weight excluding hydrogens is 625 g/mol. The van der Waals surface area contributed by atoms with Gasteiger partial charge in [0.15, 0.2) is 6.10 Å². The van der Waals surface area contributed by atoms with E-state index in [1.54, 1.807) is 18.1 Å². The Balaban J connectivity index is 4.58. The van der Waals surface area contributed by atoms with Crippen LogP contribution in [0.1, 0.15) is 116 Å². The van der Waals surface area contributed by atoms with Gasteiger partial charge in [0.2, 0.25) is 0 Å². The van der Waals surface area contributed by atoms with Gasteiger partial charge >= 0.3 is 11.9 Å². The topological polar surface area (TPSA) is 148 Å². The van der Waals surface area contributed by atoms with Crippen LogP contribution in [-0.4, -0.2) is 87.2 Å². The third-order valence-corrected chi connectivity index (χ3v) is 8.21. The van der Waals surface area contributed by atoms with Crippen LogP contribution >= 0.6 is 7.82 Å². The quantitative estimate of drug-likeness (QED) is 0.0224. The molecule has 0 fully saturated rings. The molecule has 0 aromatic rings. The van der Waals surface area contributed by atoms with Crippen molar-refractivity contribution in [2.24, 2.45) is 0 Å². The summed E-state index contributed by atoms with van der Waals surface area (Å²) in [6.07, 6.45) is 21.6. The van der Waals surface area contributed by atoms with Crippen LogP contribution in [0.15, 0.2) is 30.4 Å². The molecule has 0 spiro atoms. The molecule has 0 aliphatic rings. The molecule has 0 saturated heterocycles. The number of phosphoric ester groups is 1. The van der Waals surface area contributed by atoms with Crippen molar-refractivity contribution in [2.45, 2.75) is 128 Å². The van der Waals surface area contributed by atoms with E-state index in [2.05, 4.69) is 6.92 Å². The molecule has 0 aliphatic carbocycles. The number of hydrogen-bond acceptors (Lipinski definition) is 10. The molecule has 47 heavy (non-hydrogen) atoms. The first kappa shape index (κ1) is 44.9. The first-order valence-corrected chi connectivity index (χ1v) is 18.8. The molecule has 0 amide bonds. The molecule has 3 atom stereocenters. The molecule has 0 aromatic heterocycles. The van der Waals surface area contributed by atoms with Gasteiger partial charge in [-0.25, -0.2) is 4.79 Å². The number of unbranched alkanes of at least 4 members (excludes halogenated alkanes) is 12. The van der Waals surface area contributed by atoms with E-state index in [9.17, 15) is 28.9 Å². The second-order valence-corrected chi connectivity index (χ2v) is 14.3. The summed E-state index contributed by atoms with van der Waals surface area (Å²) in [5.41, 5.74) is 0. The summed E-state index contributed by atoms with van der Waals surface area (Å²) in [6, 6.07) is 0. The third kappa shape index (κ3) is 32.2. The van der Waals surface area contributed by atoms with Gasteiger partial charge in [0, 0.05) is 18.9 Å². The van der Waals surface area contributed by atoms with Crippen LogP contribution in [0.3, 0.4) is 0 Å². The van der Waals surface area contributed by atoms with Crippen LogP contribution in [0.2, 0.25) is 0 Å². The Morgan fingerprint density at radius 2 is 1.38 bits per heavy atom. The van der Waals surface area contributed by atoms with E-state index in [1.807, 2.05) is 21.1 Å². The lowest BCUT2D eigenvalue weighted by Crippen LogP contribution is -2.37. The van der Waals surface area contributed by atoms with Crippen LogP contribution in [0.25, 0.3) is 0 Å². The smallest absolute Gasteiger partial charge is 0.306 e. The van der Waals surface area contributed by atoms with Gasteiger partial charge in [-0.05, 0) is 19.3 Å². The van der Waals surface area contributed by atoms with Crippen LogP contribution in [0.5, 0.6) is 0 Å². The van der Waals surface area contributed by atoms with Gasteiger partial charge in [0.05, 0.1) is 33.9 Å². The summed E-state index contributed by atoms with van der Waals surface area (Å²) in [5, 5.41) is 10.0. The van der Waals surface area contributed by atoms with Crippen molar-refractivity contribution in [2.75, 3.05) is 47.5 Å². The summed E-state index contributed by atoms with van der Waals surface area (Å²) in [5.74, 6) is 0.504. The van der Waals surface area contributed by atoms with Crippen LogP contribution in [0.4, 0.5) is 0 Å². The highest BCUT2D eigenvalue weighted by Gasteiger charge is 2.22.